The number of amidine groups is 1. The van der Waals surface area contributed by atoms with Crippen molar-refractivity contribution >= 4 is 17.6 Å². The number of benzene rings is 2. The van der Waals surface area contributed by atoms with Gasteiger partial charge in [-0.25, -0.2) is 8.78 Å². The summed E-state index contributed by atoms with van der Waals surface area (Å²) in [6.45, 7) is 0. The maximum absolute atomic E-state index is 13.2. The van der Waals surface area contributed by atoms with E-state index in [0.717, 1.165) is 17.7 Å². The van der Waals surface area contributed by atoms with Crippen LogP contribution in [0.25, 0.3) is 0 Å². The molecule has 0 aliphatic carbocycles. The van der Waals surface area contributed by atoms with Crippen LogP contribution in [0, 0.1) is 17.0 Å². The zero-order chi connectivity index (χ0) is 15.4. The van der Waals surface area contributed by atoms with Crippen LogP contribution in [0.5, 0.6) is 5.75 Å². The number of methoxy groups -OCH3 is 1. The van der Waals surface area contributed by atoms with E-state index in [0.29, 0.717) is 22.0 Å². The maximum Gasteiger partial charge on any atom is 0.159 e. The molecule has 2 aromatic rings. The molecule has 0 bridgehead atoms. The summed E-state index contributed by atoms with van der Waals surface area (Å²) in [6.07, 6.45) is 0. The lowest BCUT2D eigenvalue weighted by Gasteiger charge is -2.10. The van der Waals surface area contributed by atoms with Gasteiger partial charge < -0.3 is 10.5 Å². The SMILES string of the molecule is COc1ccc(C(=N)N)cc1CSc1ccc(F)c(F)c1. The second-order valence-corrected chi connectivity index (χ2v) is 5.35. The van der Waals surface area contributed by atoms with Crippen molar-refractivity contribution in [3.63, 3.8) is 0 Å². The Labute approximate surface area is 125 Å². The highest BCUT2D eigenvalue weighted by atomic mass is 32.2. The van der Waals surface area contributed by atoms with E-state index in [1.807, 2.05) is 0 Å². The van der Waals surface area contributed by atoms with E-state index in [4.69, 9.17) is 15.9 Å². The molecule has 3 N–H and O–H groups in total. The van der Waals surface area contributed by atoms with Crippen molar-refractivity contribution in [3.8, 4) is 5.75 Å². The number of hydrogen-bond donors (Lipinski definition) is 2. The van der Waals surface area contributed by atoms with Gasteiger partial charge in [-0.05, 0) is 36.4 Å². The molecule has 6 heteroatoms. The van der Waals surface area contributed by atoms with Crippen LogP contribution in [0.3, 0.4) is 0 Å². The molecule has 0 spiro atoms. The highest BCUT2D eigenvalue weighted by Crippen LogP contribution is 2.29. The van der Waals surface area contributed by atoms with Gasteiger partial charge in [0, 0.05) is 21.8 Å². The van der Waals surface area contributed by atoms with Crippen molar-refractivity contribution in [3.05, 3.63) is 59.2 Å². The zero-order valence-electron chi connectivity index (χ0n) is 11.3. The number of thioether (sulfide) groups is 1. The van der Waals surface area contributed by atoms with Gasteiger partial charge in [-0.1, -0.05) is 0 Å². The van der Waals surface area contributed by atoms with Crippen LogP contribution >= 0.6 is 11.8 Å². The third-order valence-corrected chi connectivity index (χ3v) is 3.92. The molecule has 0 fully saturated rings. The molecule has 21 heavy (non-hydrogen) atoms. The molecule has 3 nitrogen and oxygen atoms in total. The van der Waals surface area contributed by atoms with Crippen molar-refractivity contribution < 1.29 is 13.5 Å². The van der Waals surface area contributed by atoms with Gasteiger partial charge in [-0.2, -0.15) is 0 Å². The fourth-order valence-corrected chi connectivity index (χ4v) is 2.69. The molecule has 2 aromatic carbocycles. The quantitative estimate of drug-likeness (QED) is 0.504. The van der Waals surface area contributed by atoms with Gasteiger partial charge >= 0.3 is 0 Å². The van der Waals surface area contributed by atoms with Crippen molar-refractivity contribution in [2.75, 3.05) is 7.11 Å². The summed E-state index contributed by atoms with van der Waals surface area (Å²) in [5.74, 6) is -0.609. The second-order valence-electron chi connectivity index (χ2n) is 4.30. The van der Waals surface area contributed by atoms with E-state index in [-0.39, 0.29) is 5.84 Å². The van der Waals surface area contributed by atoms with E-state index >= 15 is 0 Å². The summed E-state index contributed by atoms with van der Waals surface area (Å²) in [4.78, 5) is 0.615. The van der Waals surface area contributed by atoms with Gasteiger partial charge in [0.15, 0.2) is 11.6 Å². The largest absolute Gasteiger partial charge is 0.496 e. The average molecular weight is 308 g/mol. The summed E-state index contributed by atoms with van der Waals surface area (Å²) >= 11 is 1.35. The predicted molar refractivity (Wildman–Crippen MR) is 79.9 cm³/mol. The Morgan fingerprint density at radius 1 is 1.19 bits per heavy atom. The lowest BCUT2D eigenvalue weighted by molar-refractivity contribution is 0.411. The fraction of sp³-hybridized carbons (Fsp3) is 0.133. The lowest BCUT2D eigenvalue weighted by atomic mass is 10.1. The van der Waals surface area contributed by atoms with E-state index in [9.17, 15) is 8.78 Å². The molecule has 0 heterocycles. The number of ether oxygens (including phenoxy) is 1. The number of nitrogens with two attached hydrogens (primary N) is 1. The molecule has 0 radical (unpaired) electrons. The molecule has 0 unspecified atom stereocenters. The Hall–Kier alpha value is -2.08. The minimum Gasteiger partial charge on any atom is -0.496 e. The highest BCUT2D eigenvalue weighted by Gasteiger charge is 2.08. The first-order valence-electron chi connectivity index (χ1n) is 6.10. The topological polar surface area (TPSA) is 59.1 Å². The molecule has 0 saturated carbocycles. The molecular formula is C15H14F2N2OS. The van der Waals surface area contributed by atoms with Crippen molar-refractivity contribution in [1.82, 2.24) is 0 Å². The van der Waals surface area contributed by atoms with Crippen LogP contribution in [-0.4, -0.2) is 12.9 Å². The Balaban J connectivity index is 2.19. The Morgan fingerprint density at radius 3 is 2.57 bits per heavy atom. The van der Waals surface area contributed by atoms with Crippen LogP contribution in [0.15, 0.2) is 41.3 Å². The number of rotatable bonds is 5. The van der Waals surface area contributed by atoms with Crippen LogP contribution in [0.2, 0.25) is 0 Å². The molecule has 0 amide bonds. The van der Waals surface area contributed by atoms with Crippen LogP contribution < -0.4 is 10.5 Å². The van der Waals surface area contributed by atoms with Gasteiger partial charge in [-0.3, -0.25) is 5.41 Å². The summed E-state index contributed by atoms with van der Waals surface area (Å²) in [5.41, 5.74) is 6.89. The van der Waals surface area contributed by atoms with E-state index < -0.39 is 11.6 Å². The third-order valence-electron chi connectivity index (χ3n) is 2.88. The number of halogens is 2. The highest BCUT2D eigenvalue weighted by molar-refractivity contribution is 7.98. The van der Waals surface area contributed by atoms with Crippen molar-refractivity contribution in [2.45, 2.75) is 10.6 Å². The first-order chi connectivity index (χ1) is 10.0. The third kappa shape index (κ3) is 3.72. The monoisotopic (exact) mass is 308 g/mol. The number of hydrogen-bond acceptors (Lipinski definition) is 3. The first-order valence-corrected chi connectivity index (χ1v) is 7.09. The number of nitrogen functional groups attached to an aromatic ring is 1. The lowest BCUT2D eigenvalue weighted by Crippen LogP contribution is -2.11. The van der Waals surface area contributed by atoms with Crippen LogP contribution in [-0.2, 0) is 5.75 Å². The van der Waals surface area contributed by atoms with Crippen LogP contribution in [0.1, 0.15) is 11.1 Å². The Kier molecular flexibility index (Phi) is 4.80. The summed E-state index contributed by atoms with van der Waals surface area (Å²) in [5, 5.41) is 7.45. The smallest absolute Gasteiger partial charge is 0.159 e. The molecule has 110 valence electrons. The predicted octanol–water partition coefficient (Wildman–Crippen LogP) is 3.55. The first kappa shape index (κ1) is 15.3. The Bertz CT molecular complexity index is 677. The van der Waals surface area contributed by atoms with Gasteiger partial charge in [0.05, 0.1) is 7.11 Å². The van der Waals surface area contributed by atoms with E-state index in [2.05, 4.69) is 0 Å². The van der Waals surface area contributed by atoms with E-state index in [1.165, 1.54) is 17.8 Å². The minimum absolute atomic E-state index is 0.0308. The summed E-state index contributed by atoms with van der Waals surface area (Å²) in [6, 6.07) is 8.96. The van der Waals surface area contributed by atoms with Gasteiger partial charge in [0.2, 0.25) is 0 Å². The molecule has 0 aliphatic heterocycles. The molecular weight excluding hydrogens is 294 g/mol. The minimum atomic E-state index is -0.871. The summed E-state index contributed by atoms with van der Waals surface area (Å²) < 4.78 is 31.3. The summed E-state index contributed by atoms with van der Waals surface area (Å²) in [7, 11) is 1.55. The van der Waals surface area contributed by atoms with Crippen molar-refractivity contribution in [1.29, 1.82) is 5.41 Å². The molecule has 0 saturated heterocycles. The average Bonchev–Trinajstić information content (AvgIpc) is 2.48. The molecule has 0 aliphatic rings. The van der Waals surface area contributed by atoms with Gasteiger partial charge in [-0.15, -0.1) is 11.8 Å². The molecule has 0 aromatic heterocycles. The maximum atomic E-state index is 13.2. The molecule has 0 atom stereocenters. The number of nitrogens with one attached hydrogen (secondary N) is 1. The Morgan fingerprint density at radius 2 is 1.95 bits per heavy atom. The standard InChI is InChI=1S/C15H14F2N2OS/c1-20-14-5-2-9(15(18)19)6-10(14)8-21-11-3-4-12(16)13(17)7-11/h2-7H,8H2,1H3,(H3,18,19). The van der Waals surface area contributed by atoms with Crippen molar-refractivity contribution in [2.24, 2.45) is 5.73 Å². The second kappa shape index (κ2) is 6.58. The van der Waals surface area contributed by atoms with E-state index in [1.54, 1.807) is 25.3 Å². The zero-order valence-corrected chi connectivity index (χ0v) is 12.1. The fourth-order valence-electron chi connectivity index (χ4n) is 1.79. The van der Waals surface area contributed by atoms with Crippen LogP contribution in [0.4, 0.5) is 8.78 Å². The molecule has 2 rings (SSSR count). The van der Waals surface area contributed by atoms with Gasteiger partial charge in [0.1, 0.15) is 11.6 Å². The van der Waals surface area contributed by atoms with Gasteiger partial charge in [0.25, 0.3) is 0 Å². The normalized spacial score (nSPS) is 10.4.